The van der Waals surface area contributed by atoms with Gasteiger partial charge in [-0.2, -0.15) is 0 Å². The second-order valence-corrected chi connectivity index (χ2v) is 4.88. The SMILES string of the molecule is C=CCNC(=O)NC(=O)CN(C)CCN1CCNCC1. The van der Waals surface area contributed by atoms with E-state index in [1.165, 1.54) is 0 Å². The predicted octanol–water partition coefficient (Wildman–Crippen LogP) is -1.16. The molecular weight excluding hydrogens is 258 g/mol. The number of carbonyl (C=O) groups excluding carboxylic acids is 2. The Morgan fingerprint density at radius 3 is 2.75 bits per heavy atom. The fourth-order valence-electron chi connectivity index (χ4n) is 1.95. The highest BCUT2D eigenvalue weighted by molar-refractivity contribution is 5.95. The third-order valence-electron chi connectivity index (χ3n) is 3.08. The van der Waals surface area contributed by atoms with Gasteiger partial charge >= 0.3 is 6.03 Å². The summed E-state index contributed by atoms with van der Waals surface area (Å²) in [5.41, 5.74) is 0. The summed E-state index contributed by atoms with van der Waals surface area (Å²) in [7, 11) is 1.88. The summed E-state index contributed by atoms with van der Waals surface area (Å²) in [6.07, 6.45) is 1.56. The zero-order valence-electron chi connectivity index (χ0n) is 12.2. The van der Waals surface area contributed by atoms with Crippen molar-refractivity contribution >= 4 is 11.9 Å². The van der Waals surface area contributed by atoms with Gasteiger partial charge in [0.1, 0.15) is 0 Å². The lowest BCUT2D eigenvalue weighted by Gasteiger charge is -2.28. The molecule has 0 aromatic carbocycles. The molecule has 0 atom stereocenters. The molecule has 3 amide bonds. The van der Waals surface area contributed by atoms with Crippen molar-refractivity contribution < 1.29 is 9.59 Å². The van der Waals surface area contributed by atoms with E-state index in [2.05, 4.69) is 27.4 Å². The highest BCUT2D eigenvalue weighted by Crippen LogP contribution is 1.93. The Labute approximate surface area is 120 Å². The van der Waals surface area contributed by atoms with Crippen LogP contribution in [0.25, 0.3) is 0 Å². The van der Waals surface area contributed by atoms with Gasteiger partial charge in [-0.25, -0.2) is 4.79 Å². The van der Waals surface area contributed by atoms with Crippen LogP contribution in [0.15, 0.2) is 12.7 Å². The van der Waals surface area contributed by atoms with Crippen molar-refractivity contribution in [3.05, 3.63) is 12.7 Å². The van der Waals surface area contributed by atoms with Crippen LogP contribution in [0.5, 0.6) is 0 Å². The van der Waals surface area contributed by atoms with Gasteiger partial charge in [-0.05, 0) is 7.05 Å². The molecule has 1 aliphatic rings. The number of likely N-dealkylation sites (N-methyl/N-ethyl adjacent to an activating group) is 1. The number of nitrogens with zero attached hydrogens (tertiary/aromatic N) is 2. The third-order valence-corrected chi connectivity index (χ3v) is 3.08. The topological polar surface area (TPSA) is 76.7 Å². The summed E-state index contributed by atoms with van der Waals surface area (Å²) < 4.78 is 0. The van der Waals surface area contributed by atoms with Crippen LogP contribution in [-0.4, -0.2) is 81.1 Å². The first-order valence-corrected chi connectivity index (χ1v) is 6.92. The number of hydrogen-bond donors (Lipinski definition) is 3. The van der Waals surface area contributed by atoms with Crippen LogP contribution in [0, 0.1) is 0 Å². The van der Waals surface area contributed by atoms with Gasteiger partial charge in [0.15, 0.2) is 0 Å². The monoisotopic (exact) mass is 283 g/mol. The van der Waals surface area contributed by atoms with Crippen molar-refractivity contribution in [3.8, 4) is 0 Å². The molecule has 7 nitrogen and oxygen atoms in total. The van der Waals surface area contributed by atoms with E-state index in [4.69, 9.17) is 0 Å². The quantitative estimate of drug-likeness (QED) is 0.514. The molecule has 7 heteroatoms. The zero-order chi connectivity index (χ0) is 14.8. The minimum absolute atomic E-state index is 0.216. The Kier molecular flexibility index (Phi) is 7.86. The highest BCUT2D eigenvalue weighted by Gasteiger charge is 2.12. The molecular formula is C13H25N5O2. The summed E-state index contributed by atoms with van der Waals surface area (Å²) >= 11 is 0. The van der Waals surface area contributed by atoms with Crippen LogP contribution in [0.4, 0.5) is 4.79 Å². The van der Waals surface area contributed by atoms with E-state index in [9.17, 15) is 9.59 Å². The largest absolute Gasteiger partial charge is 0.334 e. The number of nitrogens with one attached hydrogen (secondary N) is 3. The number of carbonyl (C=O) groups is 2. The third kappa shape index (κ3) is 7.22. The Morgan fingerprint density at radius 2 is 2.10 bits per heavy atom. The van der Waals surface area contributed by atoms with E-state index in [0.29, 0.717) is 6.54 Å². The first-order valence-electron chi connectivity index (χ1n) is 6.92. The molecule has 114 valence electrons. The number of imide groups is 1. The fraction of sp³-hybridized carbons (Fsp3) is 0.692. The number of urea groups is 1. The molecule has 1 fully saturated rings. The molecule has 20 heavy (non-hydrogen) atoms. The molecule has 1 saturated heterocycles. The minimum Gasteiger partial charge on any atom is -0.334 e. The van der Waals surface area contributed by atoms with Crippen molar-refractivity contribution in [2.45, 2.75) is 0 Å². The molecule has 0 aromatic rings. The predicted molar refractivity (Wildman–Crippen MR) is 78.5 cm³/mol. The molecule has 0 radical (unpaired) electrons. The molecule has 0 aliphatic carbocycles. The van der Waals surface area contributed by atoms with Gasteiger partial charge in [-0.1, -0.05) is 6.08 Å². The molecule has 0 unspecified atom stereocenters. The fourth-order valence-corrected chi connectivity index (χ4v) is 1.95. The number of hydrogen-bond acceptors (Lipinski definition) is 5. The van der Waals surface area contributed by atoms with E-state index in [-0.39, 0.29) is 12.5 Å². The molecule has 1 aliphatic heterocycles. The van der Waals surface area contributed by atoms with Gasteiger partial charge in [-0.15, -0.1) is 6.58 Å². The van der Waals surface area contributed by atoms with Crippen LogP contribution in [0.3, 0.4) is 0 Å². The van der Waals surface area contributed by atoms with Crippen LogP contribution >= 0.6 is 0 Å². The van der Waals surface area contributed by atoms with Gasteiger partial charge in [0, 0.05) is 45.8 Å². The van der Waals surface area contributed by atoms with Gasteiger partial charge in [0.2, 0.25) is 5.91 Å². The van der Waals surface area contributed by atoms with Crippen molar-refractivity contribution in [1.82, 2.24) is 25.8 Å². The first-order chi connectivity index (χ1) is 9.61. The minimum atomic E-state index is -0.481. The van der Waals surface area contributed by atoms with Crippen molar-refractivity contribution in [2.24, 2.45) is 0 Å². The summed E-state index contributed by atoms with van der Waals surface area (Å²) in [6, 6.07) is -0.481. The van der Waals surface area contributed by atoms with Crippen molar-refractivity contribution in [2.75, 3.05) is 59.4 Å². The average molecular weight is 283 g/mol. The lowest BCUT2D eigenvalue weighted by atomic mass is 10.3. The summed E-state index contributed by atoms with van der Waals surface area (Å²) in [5.74, 6) is -0.297. The molecule has 0 spiro atoms. The van der Waals surface area contributed by atoms with Crippen LogP contribution < -0.4 is 16.0 Å². The Hall–Kier alpha value is -1.44. The van der Waals surface area contributed by atoms with E-state index in [1.54, 1.807) is 6.08 Å². The zero-order valence-corrected chi connectivity index (χ0v) is 12.2. The Balaban J connectivity index is 2.13. The van der Waals surface area contributed by atoms with Crippen molar-refractivity contribution in [3.63, 3.8) is 0 Å². The van der Waals surface area contributed by atoms with E-state index in [1.807, 2.05) is 11.9 Å². The summed E-state index contributed by atoms with van der Waals surface area (Å²) in [6.45, 7) is 9.93. The number of amides is 3. The van der Waals surface area contributed by atoms with E-state index < -0.39 is 6.03 Å². The standard InChI is InChI=1S/C13H25N5O2/c1-3-4-15-13(20)16-12(19)11-17(2)9-10-18-7-5-14-6-8-18/h3,14H,1,4-11H2,2H3,(H2,15,16,19,20). The van der Waals surface area contributed by atoms with Crippen LogP contribution in [0.2, 0.25) is 0 Å². The maximum Gasteiger partial charge on any atom is 0.321 e. The molecule has 0 saturated carbocycles. The van der Waals surface area contributed by atoms with E-state index >= 15 is 0 Å². The van der Waals surface area contributed by atoms with Gasteiger partial charge in [0.05, 0.1) is 6.54 Å². The number of piperazine rings is 1. The molecule has 1 rings (SSSR count). The molecule has 0 bridgehead atoms. The van der Waals surface area contributed by atoms with Crippen LogP contribution in [-0.2, 0) is 4.79 Å². The maximum atomic E-state index is 11.6. The summed E-state index contributed by atoms with van der Waals surface area (Å²) in [5, 5.41) is 8.08. The van der Waals surface area contributed by atoms with E-state index in [0.717, 1.165) is 39.3 Å². The second-order valence-electron chi connectivity index (χ2n) is 4.88. The lowest BCUT2D eigenvalue weighted by Crippen LogP contribution is -2.47. The molecule has 1 heterocycles. The summed E-state index contributed by atoms with van der Waals surface area (Å²) in [4.78, 5) is 27.2. The maximum absolute atomic E-state index is 11.6. The molecule has 3 N–H and O–H groups in total. The lowest BCUT2D eigenvalue weighted by molar-refractivity contribution is -0.120. The van der Waals surface area contributed by atoms with Crippen molar-refractivity contribution in [1.29, 1.82) is 0 Å². The smallest absolute Gasteiger partial charge is 0.321 e. The first kappa shape index (κ1) is 16.6. The average Bonchev–Trinajstić information content (AvgIpc) is 2.44. The van der Waals surface area contributed by atoms with Gasteiger partial charge in [-0.3, -0.25) is 19.9 Å². The Bertz CT molecular complexity index is 329. The van der Waals surface area contributed by atoms with Gasteiger partial charge < -0.3 is 10.6 Å². The van der Waals surface area contributed by atoms with Gasteiger partial charge in [0.25, 0.3) is 0 Å². The highest BCUT2D eigenvalue weighted by atomic mass is 16.2. The molecule has 0 aromatic heterocycles. The van der Waals surface area contributed by atoms with Crippen LogP contribution in [0.1, 0.15) is 0 Å². The normalized spacial score (nSPS) is 15.9. The number of rotatable bonds is 7. The Morgan fingerprint density at radius 1 is 1.40 bits per heavy atom. The second kappa shape index (κ2) is 9.46.